The molecule has 0 bridgehead atoms. The van der Waals surface area contributed by atoms with Crippen molar-refractivity contribution in [1.82, 2.24) is 10.2 Å². The molecular formula is C27H30BrN3O4S. The number of hydrogen-bond acceptors (Lipinski definition) is 4. The zero-order chi connectivity index (χ0) is 26.5. The highest BCUT2D eigenvalue weighted by Crippen LogP contribution is 2.28. The van der Waals surface area contributed by atoms with Crippen molar-refractivity contribution in [3.05, 3.63) is 94.0 Å². The number of halogens is 1. The van der Waals surface area contributed by atoms with E-state index in [1.165, 1.54) is 24.1 Å². The fraction of sp³-hybridized carbons (Fsp3) is 0.259. The topological polar surface area (TPSA) is 86.8 Å². The lowest BCUT2D eigenvalue weighted by atomic mass is 10.1. The van der Waals surface area contributed by atoms with Crippen LogP contribution >= 0.6 is 15.9 Å². The molecule has 0 radical (unpaired) electrons. The number of carbonyl (C=O) groups excluding carboxylic acids is 2. The number of aryl methyl sites for hydroxylation is 2. The first kappa shape index (κ1) is 27.4. The predicted octanol–water partition coefficient (Wildman–Crippen LogP) is 4.42. The van der Waals surface area contributed by atoms with Crippen LogP contribution in [0.25, 0.3) is 0 Å². The molecule has 3 aromatic carbocycles. The molecule has 0 saturated heterocycles. The molecule has 0 saturated carbocycles. The second-order valence-corrected chi connectivity index (χ2v) is 11.3. The summed E-state index contributed by atoms with van der Waals surface area (Å²) in [7, 11) is -2.57. The fourth-order valence-corrected chi connectivity index (χ4v) is 5.66. The Labute approximate surface area is 221 Å². The van der Waals surface area contributed by atoms with E-state index < -0.39 is 28.5 Å². The van der Waals surface area contributed by atoms with E-state index in [1.807, 2.05) is 50.2 Å². The molecule has 0 aliphatic carbocycles. The monoisotopic (exact) mass is 571 g/mol. The Kier molecular flexibility index (Phi) is 8.92. The number of benzene rings is 3. The quantitative estimate of drug-likeness (QED) is 0.411. The van der Waals surface area contributed by atoms with Crippen LogP contribution in [0.3, 0.4) is 0 Å². The molecule has 0 spiro atoms. The molecule has 190 valence electrons. The van der Waals surface area contributed by atoms with Crippen LogP contribution in [0.4, 0.5) is 5.69 Å². The van der Waals surface area contributed by atoms with Gasteiger partial charge in [-0.1, -0.05) is 64.0 Å². The molecule has 3 aromatic rings. The number of nitrogens with zero attached hydrogens (tertiary/aromatic N) is 2. The summed E-state index contributed by atoms with van der Waals surface area (Å²) < 4.78 is 29.5. The van der Waals surface area contributed by atoms with E-state index in [1.54, 1.807) is 31.2 Å². The van der Waals surface area contributed by atoms with Crippen molar-refractivity contribution in [3.63, 3.8) is 0 Å². The maximum absolute atomic E-state index is 13.8. The lowest BCUT2D eigenvalue weighted by molar-refractivity contribution is -0.139. The van der Waals surface area contributed by atoms with Gasteiger partial charge in [0.1, 0.15) is 12.6 Å². The van der Waals surface area contributed by atoms with E-state index in [-0.39, 0.29) is 17.3 Å². The summed E-state index contributed by atoms with van der Waals surface area (Å²) in [6.07, 6.45) is 0. The minimum Gasteiger partial charge on any atom is -0.357 e. The third-order valence-corrected chi connectivity index (χ3v) is 8.21. The van der Waals surface area contributed by atoms with Gasteiger partial charge in [-0.25, -0.2) is 8.42 Å². The van der Waals surface area contributed by atoms with Gasteiger partial charge in [0, 0.05) is 18.1 Å². The first-order valence-electron chi connectivity index (χ1n) is 11.4. The van der Waals surface area contributed by atoms with Gasteiger partial charge in [0.15, 0.2) is 0 Å². The first-order chi connectivity index (χ1) is 17.0. The molecule has 1 atom stereocenters. The summed E-state index contributed by atoms with van der Waals surface area (Å²) >= 11 is 3.40. The molecular weight excluding hydrogens is 542 g/mol. The summed E-state index contributed by atoms with van der Waals surface area (Å²) in [5.41, 5.74) is 2.92. The molecule has 0 aromatic heterocycles. The van der Waals surface area contributed by atoms with Crippen molar-refractivity contribution in [2.45, 2.75) is 38.3 Å². The lowest BCUT2D eigenvalue weighted by Gasteiger charge is -2.32. The van der Waals surface area contributed by atoms with E-state index in [4.69, 9.17) is 0 Å². The van der Waals surface area contributed by atoms with Gasteiger partial charge in [-0.05, 0) is 62.2 Å². The summed E-state index contributed by atoms with van der Waals surface area (Å²) in [4.78, 5) is 27.8. The molecule has 7 nitrogen and oxygen atoms in total. The second-order valence-electron chi connectivity index (χ2n) is 8.55. The number of amides is 2. The average Bonchev–Trinajstić information content (AvgIpc) is 2.86. The van der Waals surface area contributed by atoms with Crippen LogP contribution in [-0.2, 0) is 26.2 Å². The number of sulfonamides is 1. The van der Waals surface area contributed by atoms with Gasteiger partial charge in [0.05, 0.1) is 10.6 Å². The SMILES string of the molecule is CNC(=O)[C@@H](C)N(Cc1ccc(Br)cc1)C(=O)CN(c1ccc(C)cc1C)S(=O)(=O)c1ccccc1. The zero-order valence-corrected chi connectivity index (χ0v) is 23.1. The fourth-order valence-electron chi connectivity index (χ4n) is 3.90. The Bertz CT molecular complexity index is 1330. The van der Waals surface area contributed by atoms with E-state index in [0.717, 1.165) is 25.5 Å². The highest BCUT2D eigenvalue weighted by atomic mass is 79.9. The van der Waals surface area contributed by atoms with Crippen LogP contribution in [0.1, 0.15) is 23.6 Å². The second kappa shape index (κ2) is 11.7. The minimum atomic E-state index is -4.07. The Morgan fingerprint density at radius 2 is 1.61 bits per heavy atom. The summed E-state index contributed by atoms with van der Waals surface area (Å²) in [6, 6.07) is 20.0. The van der Waals surface area contributed by atoms with Crippen molar-refractivity contribution in [2.24, 2.45) is 0 Å². The van der Waals surface area contributed by atoms with Gasteiger partial charge >= 0.3 is 0 Å². The van der Waals surface area contributed by atoms with E-state index >= 15 is 0 Å². The molecule has 0 fully saturated rings. The van der Waals surface area contributed by atoms with Gasteiger partial charge in [-0.15, -0.1) is 0 Å². The van der Waals surface area contributed by atoms with Gasteiger partial charge in [0.2, 0.25) is 11.8 Å². The number of likely N-dealkylation sites (N-methyl/N-ethyl adjacent to an activating group) is 1. The van der Waals surface area contributed by atoms with Crippen molar-refractivity contribution >= 4 is 43.5 Å². The van der Waals surface area contributed by atoms with Crippen LogP contribution in [0, 0.1) is 13.8 Å². The molecule has 9 heteroatoms. The number of rotatable bonds is 9. The molecule has 3 rings (SSSR count). The summed E-state index contributed by atoms with van der Waals surface area (Å²) in [5, 5.41) is 2.58. The summed E-state index contributed by atoms with van der Waals surface area (Å²) in [5.74, 6) is -0.835. The lowest BCUT2D eigenvalue weighted by Crippen LogP contribution is -2.50. The van der Waals surface area contributed by atoms with Gasteiger partial charge in [-0.3, -0.25) is 13.9 Å². The number of nitrogens with one attached hydrogen (secondary N) is 1. The van der Waals surface area contributed by atoms with Gasteiger partial charge < -0.3 is 10.2 Å². The van der Waals surface area contributed by atoms with E-state index in [0.29, 0.717) is 5.69 Å². The van der Waals surface area contributed by atoms with Crippen molar-refractivity contribution in [1.29, 1.82) is 0 Å². The highest BCUT2D eigenvalue weighted by Gasteiger charge is 2.32. The largest absolute Gasteiger partial charge is 0.357 e. The molecule has 0 unspecified atom stereocenters. The summed E-state index contributed by atoms with van der Waals surface area (Å²) in [6.45, 7) is 5.05. The Hall–Kier alpha value is -3.17. The predicted molar refractivity (Wildman–Crippen MR) is 145 cm³/mol. The Morgan fingerprint density at radius 3 is 2.19 bits per heavy atom. The van der Waals surface area contributed by atoms with Gasteiger partial charge in [-0.2, -0.15) is 0 Å². The number of hydrogen-bond donors (Lipinski definition) is 1. The van der Waals surface area contributed by atoms with Crippen LogP contribution in [0.2, 0.25) is 0 Å². The third-order valence-electron chi connectivity index (χ3n) is 5.91. The zero-order valence-electron chi connectivity index (χ0n) is 20.7. The standard InChI is InChI=1S/C27H30BrN3O4S/c1-19-10-15-25(20(2)16-19)31(36(34,35)24-8-6-5-7-9-24)18-26(32)30(21(3)27(33)29-4)17-22-11-13-23(28)14-12-22/h5-16,21H,17-18H2,1-4H3,(H,29,33)/t21-/m1/s1. The smallest absolute Gasteiger partial charge is 0.264 e. The van der Waals surface area contributed by atoms with Crippen LogP contribution in [0.15, 0.2) is 82.2 Å². The van der Waals surface area contributed by atoms with Crippen LogP contribution in [-0.4, -0.2) is 44.8 Å². The number of anilines is 1. The molecule has 36 heavy (non-hydrogen) atoms. The Balaban J connectivity index is 2.05. The van der Waals surface area contributed by atoms with E-state index in [2.05, 4.69) is 21.2 Å². The normalized spacial score (nSPS) is 12.0. The first-order valence-corrected chi connectivity index (χ1v) is 13.7. The van der Waals surface area contributed by atoms with Crippen LogP contribution < -0.4 is 9.62 Å². The molecule has 0 aliphatic heterocycles. The average molecular weight is 573 g/mol. The van der Waals surface area contributed by atoms with Crippen molar-refractivity contribution < 1.29 is 18.0 Å². The molecule has 0 aliphatic rings. The third kappa shape index (κ3) is 6.33. The molecule has 1 N–H and O–H groups in total. The number of carbonyl (C=O) groups is 2. The van der Waals surface area contributed by atoms with Crippen LogP contribution in [0.5, 0.6) is 0 Å². The van der Waals surface area contributed by atoms with Crippen molar-refractivity contribution in [3.8, 4) is 0 Å². The van der Waals surface area contributed by atoms with Gasteiger partial charge in [0.25, 0.3) is 10.0 Å². The molecule has 2 amide bonds. The minimum absolute atomic E-state index is 0.0802. The van der Waals surface area contributed by atoms with Crippen molar-refractivity contribution in [2.75, 3.05) is 17.9 Å². The van der Waals surface area contributed by atoms with E-state index in [9.17, 15) is 18.0 Å². The maximum Gasteiger partial charge on any atom is 0.264 e. The highest BCUT2D eigenvalue weighted by molar-refractivity contribution is 9.10. The molecule has 0 heterocycles. The maximum atomic E-state index is 13.8. The Morgan fingerprint density at radius 1 is 0.972 bits per heavy atom.